The zero-order valence-electron chi connectivity index (χ0n) is 6.42. The number of hydrogen-bond donors (Lipinski definition) is 3. The van der Waals surface area contributed by atoms with Crippen LogP contribution in [0.3, 0.4) is 0 Å². The molecule has 4 nitrogen and oxygen atoms in total. The molecule has 0 rings (SSSR count). The fourth-order valence-corrected chi connectivity index (χ4v) is 0.584. The normalized spacial score (nSPS) is 12.5. The van der Waals surface area contributed by atoms with Crippen molar-refractivity contribution in [3.63, 3.8) is 0 Å². The van der Waals surface area contributed by atoms with E-state index in [2.05, 4.69) is 6.58 Å². The minimum atomic E-state index is -0.964. The lowest BCUT2D eigenvalue weighted by Gasteiger charge is -2.06. The maximum atomic E-state index is 10.2. The third-order valence-corrected chi connectivity index (χ3v) is 1.42. The second kappa shape index (κ2) is 4.87. The molecule has 0 amide bonds. The van der Waals surface area contributed by atoms with Gasteiger partial charge in [-0.1, -0.05) is 6.58 Å². The molecule has 0 aliphatic carbocycles. The molecule has 11 heavy (non-hydrogen) atoms. The average Bonchev–Trinajstić information content (AvgIpc) is 1.99. The molecule has 64 valence electrons. The van der Waals surface area contributed by atoms with Crippen LogP contribution in [0.2, 0.25) is 0 Å². The number of carboxylic acid groups (broad SMARTS) is 1. The highest BCUT2D eigenvalue weighted by molar-refractivity contribution is 5.85. The largest absolute Gasteiger partial charge is 0.478 e. The maximum absolute atomic E-state index is 10.2. The first-order valence-electron chi connectivity index (χ1n) is 3.44. The zero-order chi connectivity index (χ0) is 8.85. The van der Waals surface area contributed by atoms with E-state index in [4.69, 9.17) is 16.6 Å². The van der Waals surface area contributed by atoms with Crippen molar-refractivity contribution >= 4 is 5.97 Å². The summed E-state index contributed by atoms with van der Waals surface area (Å²) in [5.41, 5.74) is 10.9. The standard InChI is InChI=1S/C7H14N2O2/c1-5(7(10)11)2-3-6(9)4-8/h6H,1-4,8-9H2,(H,10,11). The van der Waals surface area contributed by atoms with E-state index in [9.17, 15) is 4.79 Å². The summed E-state index contributed by atoms with van der Waals surface area (Å²) < 4.78 is 0. The van der Waals surface area contributed by atoms with E-state index in [1.54, 1.807) is 0 Å². The van der Waals surface area contributed by atoms with Crippen LogP contribution in [-0.2, 0) is 4.79 Å². The van der Waals surface area contributed by atoms with Crippen molar-refractivity contribution in [2.75, 3.05) is 6.54 Å². The minimum Gasteiger partial charge on any atom is -0.478 e. The Balaban J connectivity index is 3.54. The molecule has 0 saturated heterocycles. The van der Waals surface area contributed by atoms with Crippen LogP contribution in [-0.4, -0.2) is 23.7 Å². The second-order valence-electron chi connectivity index (χ2n) is 2.44. The fourth-order valence-electron chi connectivity index (χ4n) is 0.584. The Morgan fingerprint density at radius 3 is 2.55 bits per heavy atom. The van der Waals surface area contributed by atoms with Crippen molar-refractivity contribution in [1.29, 1.82) is 0 Å². The van der Waals surface area contributed by atoms with E-state index in [-0.39, 0.29) is 11.6 Å². The van der Waals surface area contributed by atoms with Crippen molar-refractivity contribution in [2.45, 2.75) is 18.9 Å². The lowest BCUT2D eigenvalue weighted by molar-refractivity contribution is -0.132. The highest BCUT2D eigenvalue weighted by atomic mass is 16.4. The third-order valence-electron chi connectivity index (χ3n) is 1.42. The van der Waals surface area contributed by atoms with Crippen LogP contribution in [0.4, 0.5) is 0 Å². The number of nitrogens with two attached hydrogens (primary N) is 2. The summed E-state index contributed by atoms with van der Waals surface area (Å²) in [5.74, 6) is -0.964. The Kier molecular flexibility index (Phi) is 4.49. The predicted molar refractivity (Wildman–Crippen MR) is 43.0 cm³/mol. The Hall–Kier alpha value is -0.870. The summed E-state index contributed by atoms with van der Waals surface area (Å²) in [6.07, 6.45) is 0.995. The van der Waals surface area contributed by atoms with Gasteiger partial charge < -0.3 is 16.6 Å². The van der Waals surface area contributed by atoms with Crippen LogP contribution in [0.15, 0.2) is 12.2 Å². The van der Waals surface area contributed by atoms with Gasteiger partial charge in [0.15, 0.2) is 0 Å². The molecule has 0 bridgehead atoms. The van der Waals surface area contributed by atoms with Crippen molar-refractivity contribution in [3.05, 3.63) is 12.2 Å². The van der Waals surface area contributed by atoms with E-state index >= 15 is 0 Å². The zero-order valence-corrected chi connectivity index (χ0v) is 6.42. The van der Waals surface area contributed by atoms with Gasteiger partial charge in [0.1, 0.15) is 0 Å². The fraction of sp³-hybridized carbons (Fsp3) is 0.571. The van der Waals surface area contributed by atoms with Gasteiger partial charge >= 0.3 is 5.97 Å². The summed E-state index contributed by atoms with van der Waals surface area (Å²) >= 11 is 0. The molecule has 0 aromatic carbocycles. The van der Waals surface area contributed by atoms with Crippen LogP contribution >= 0.6 is 0 Å². The Bertz CT molecular complexity index is 157. The van der Waals surface area contributed by atoms with Gasteiger partial charge in [0, 0.05) is 18.2 Å². The van der Waals surface area contributed by atoms with Gasteiger partial charge in [0.05, 0.1) is 0 Å². The van der Waals surface area contributed by atoms with Crippen molar-refractivity contribution < 1.29 is 9.90 Å². The van der Waals surface area contributed by atoms with Gasteiger partial charge in [-0.25, -0.2) is 4.79 Å². The molecule has 5 N–H and O–H groups in total. The summed E-state index contributed by atoms with van der Waals surface area (Å²) in [7, 11) is 0. The van der Waals surface area contributed by atoms with Gasteiger partial charge in [-0.05, 0) is 12.8 Å². The van der Waals surface area contributed by atoms with E-state index in [1.807, 2.05) is 0 Å². The topological polar surface area (TPSA) is 89.3 Å². The first-order chi connectivity index (χ1) is 5.07. The van der Waals surface area contributed by atoms with Gasteiger partial charge in [-0.2, -0.15) is 0 Å². The number of hydrogen-bond acceptors (Lipinski definition) is 3. The van der Waals surface area contributed by atoms with Crippen LogP contribution < -0.4 is 11.5 Å². The van der Waals surface area contributed by atoms with Crippen molar-refractivity contribution in [3.8, 4) is 0 Å². The quantitative estimate of drug-likeness (QED) is 0.479. The monoisotopic (exact) mass is 158 g/mol. The van der Waals surface area contributed by atoms with Crippen LogP contribution in [0.5, 0.6) is 0 Å². The molecule has 0 aromatic heterocycles. The highest BCUT2D eigenvalue weighted by Crippen LogP contribution is 2.03. The Labute approximate surface area is 65.9 Å². The molecule has 0 radical (unpaired) electrons. The molecule has 0 spiro atoms. The van der Waals surface area contributed by atoms with Crippen molar-refractivity contribution in [1.82, 2.24) is 0 Å². The van der Waals surface area contributed by atoms with Crippen LogP contribution in [0, 0.1) is 0 Å². The third kappa shape index (κ3) is 4.52. The van der Waals surface area contributed by atoms with E-state index < -0.39 is 5.97 Å². The second-order valence-corrected chi connectivity index (χ2v) is 2.44. The summed E-state index contributed by atoms with van der Waals surface area (Å²) in [6.45, 7) is 3.75. The van der Waals surface area contributed by atoms with Crippen LogP contribution in [0.1, 0.15) is 12.8 Å². The SMILES string of the molecule is C=C(CCC(N)CN)C(=O)O. The highest BCUT2D eigenvalue weighted by Gasteiger charge is 2.05. The number of carbonyl (C=O) groups is 1. The first kappa shape index (κ1) is 10.1. The molecule has 1 unspecified atom stereocenters. The minimum absolute atomic E-state index is 0.119. The van der Waals surface area contributed by atoms with Crippen molar-refractivity contribution in [2.24, 2.45) is 11.5 Å². The molecule has 0 fully saturated rings. The molecule has 1 atom stereocenters. The maximum Gasteiger partial charge on any atom is 0.330 e. The molecule has 0 aromatic rings. The molecule has 0 heterocycles. The van der Waals surface area contributed by atoms with E-state index in [1.165, 1.54) is 0 Å². The molecule has 0 aliphatic heterocycles. The van der Waals surface area contributed by atoms with Crippen LogP contribution in [0.25, 0.3) is 0 Å². The Morgan fingerprint density at radius 1 is 1.64 bits per heavy atom. The molecule has 0 aliphatic rings. The predicted octanol–water partition coefficient (Wildman–Crippen LogP) is -0.307. The molecular formula is C7H14N2O2. The van der Waals surface area contributed by atoms with Gasteiger partial charge in [-0.3, -0.25) is 0 Å². The number of rotatable bonds is 5. The first-order valence-corrected chi connectivity index (χ1v) is 3.44. The van der Waals surface area contributed by atoms with Gasteiger partial charge in [-0.15, -0.1) is 0 Å². The number of aliphatic carboxylic acids is 1. The summed E-state index contributed by atoms with van der Waals surface area (Å²) in [6, 6.07) is -0.119. The average molecular weight is 158 g/mol. The Morgan fingerprint density at radius 2 is 2.18 bits per heavy atom. The summed E-state index contributed by atoms with van der Waals surface area (Å²) in [4.78, 5) is 10.2. The summed E-state index contributed by atoms with van der Waals surface area (Å²) in [5, 5.41) is 8.40. The lowest BCUT2D eigenvalue weighted by atomic mass is 10.1. The van der Waals surface area contributed by atoms with Gasteiger partial charge in [0.2, 0.25) is 0 Å². The number of carboxylic acids is 1. The molecule has 0 saturated carbocycles. The lowest BCUT2D eigenvalue weighted by Crippen LogP contribution is -2.29. The molecular weight excluding hydrogens is 144 g/mol. The van der Waals surface area contributed by atoms with Gasteiger partial charge in [0.25, 0.3) is 0 Å². The van der Waals surface area contributed by atoms with E-state index in [0.717, 1.165) is 0 Å². The van der Waals surface area contributed by atoms with E-state index in [0.29, 0.717) is 19.4 Å². The smallest absolute Gasteiger partial charge is 0.330 e. The molecule has 4 heteroatoms.